The zero-order chi connectivity index (χ0) is 11.8. The summed E-state index contributed by atoms with van der Waals surface area (Å²) in [6.07, 6.45) is 6.33. The minimum absolute atomic E-state index is 0.404. The third-order valence-electron chi connectivity index (χ3n) is 1.90. The smallest absolute Gasteiger partial charge is 0.330 e. The zero-order valence-corrected chi connectivity index (χ0v) is 8.88. The lowest BCUT2D eigenvalue weighted by atomic mass is 10.1. The van der Waals surface area contributed by atoms with Gasteiger partial charge < -0.3 is 4.74 Å². The van der Waals surface area contributed by atoms with Gasteiger partial charge in [-0.15, -0.1) is 0 Å². The van der Waals surface area contributed by atoms with Crippen molar-refractivity contribution in [3.63, 3.8) is 0 Å². The maximum absolute atomic E-state index is 10.8. The fourth-order valence-corrected chi connectivity index (χ4v) is 1.11. The molecule has 0 N–H and O–H groups in total. The van der Waals surface area contributed by atoms with E-state index in [1.165, 1.54) is 13.2 Å². The number of carbonyl (C=O) groups is 1. The van der Waals surface area contributed by atoms with Crippen molar-refractivity contribution in [3.05, 3.63) is 53.6 Å². The highest BCUT2D eigenvalue weighted by molar-refractivity contribution is 5.82. The van der Waals surface area contributed by atoms with Gasteiger partial charge in [0.1, 0.15) is 0 Å². The Kier molecular flexibility index (Phi) is 4.55. The van der Waals surface area contributed by atoms with Gasteiger partial charge in [-0.2, -0.15) is 5.26 Å². The van der Waals surface area contributed by atoms with Gasteiger partial charge in [-0.05, 0) is 11.6 Å². The quantitative estimate of drug-likeness (QED) is 0.439. The highest BCUT2D eigenvalue weighted by atomic mass is 16.5. The highest BCUT2D eigenvalue weighted by Gasteiger charge is 1.94. The molecule has 0 unspecified atom stereocenters. The molecule has 0 spiro atoms. The molecule has 0 amide bonds. The van der Waals surface area contributed by atoms with Gasteiger partial charge in [0, 0.05) is 6.08 Å². The molecule has 1 aromatic carbocycles. The Hall–Kier alpha value is -2.34. The molecule has 0 heterocycles. The second-order valence-electron chi connectivity index (χ2n) is 2.94. The number of carbonyl (C=O) groups excluding carboxylic acids is 1. The highest BCUT2D eigenvalue weighted by Crippen LogP contribution is 2.08. The molecule has 0 radical (unpaired) electrons. The number of nitrogens with zero attached hydrogens (tertiary/aromatic N) is 1. The van der Waals surface area contributed by atoms with Crippen LogP contribution in [0.3, 0.4) is 0 Å². The second-order valence-corrected chi connectivity index (χ2v) is 2.94. The number of esters is 1. The minimum atomic E-state index is -0.404. The summed E-state index contributed by atoms with van der Waals surface area (Å²) in [4.78, 5) is 10.8. The van der Waals surface area contributed by atoms with Gasteiger partial charge in [0.2, 0.25) is 0 Å². The Bertz CT molecular complexity index is 467. The van der Waals surface area contributed by atoms with Crippen molar-refractivity contribution >= 4 is 12.0 Å². The molecule has 16 heavy (non-hydrogen) atoms. The van der Waals surface area contributed by atoms with Crippen LogP contribution >= 0.6 is 0 Å². The van der Waals surface area contributed by atoms with E-state index in [0.717, 1.165) is 5.56 Å². The Morgan fingerprint density at radius 2 is 2.12 bits per heavy atom. The van der Waals surface area contributed by atoms with Crippen molar-refractivity contribution in [2.45, 2.75) is 0 Å². The van der Waals surface area contributed by atoms with Crippen molar-refractivity contribution in [2.75, 3.05) is 7.11 Å². The average Bonchev–Trinajstić information content (AvgIpc) is 2.34. The van der Waals surface area contributed by atoms with E-state index in [2.05, 4.69) is 10.8 Å². The average molecular weight is 213 g/mol. The number of rotatable bonds is 3. The van der Waals surface area contributed by atoms with E-state index in [1.54, 1.807) is 30.4 Å². The fraction of sp³-hybridized carbons (Fsp3) is 0.0769. The van der Waals surface area contributed by atoms with Crippen molar-refractivity contribution < 1.29 is 9.53 Å². The first-order valence-corrected chi connectivity index (χ1v) is 4.69. The zero-order valence-electron chi connectivity index (χ0n) is 8.88. The van der Waals surface area contributed by atoms with Crippen molar-refractivity contribution in [1.82, 2.24) is 0 Å². The van der Waals surface area contributed by atoms with Crippen LogP contribution in [0.5, 0.6) is 0 Å². The van der Waals surface area contributed by atoms with Gasteiger partial charge in [-0.1, -0.05) is 36.4 Å². The van der Waals surface area contributed by atoms with E-state index in [9.17, 15) is 4.79 Å². The number of benzene rings is 1. The molecule has 0 saturated carbocycles. The van der Waals surface area contributed by atoms with Crippen LogP contribution in [0.15, 0.2) is 42.5 Å². The Labute approximate surface area is 94.3 Å². The van der Waals surface area contributed by atoms with Crippen LogP contribution in [0.25, 0.3) is 6.08 Å². The van der Waals surface area contributed by atoms with Crippen LogP contribution in [0.1, 0.15) is 11.1 Å². The summed E-state index contributed by atoms with van der Waals surface area (Å²) in [6, 6.07) is 9.32. The molecule has 0 aliphatic heterocycles. The molecule has 0 atom stereocenters. The van der Waals surface area contributed by atoms with Crippen LogP contribution in [0.4, 0.5) is 0 Å². The number of nitriles is 1. The lowest BCUT2D eigenvalue weighted by molar-refractivity contribution is -0.134. The Morgan fingerprint density at radius 3 is 2.81 bits per heavy atom. The van der Waals surface area contributed by atoms with Gasteiger partial charge in [0.25, 0.3) is 0 Å². The lowest BCUT2D eigenvalue weighted by Crippen LogP contribution is -1.92. The van der Waals surface area contributed by atoms with Gasteiger partial charge >= 0.3 is 5.97 Å². The number of hydrogen-bond acceptors (Lipinski definition) is 3. The van der Waals surface area contributed by atoms with Crippen LogP contribution in [0, 0.1) is 11.3 Å². The maximum Gasteiger partial charge on any atom is 0.330 e. The standard InChI is InChI=1S/C13H11NO2/c1-16-13(15)9-5-4-7-11-6-2-3-8-12(11)10-14/h2-9H,1H3/b7-4+,9-5+. The van der Waals surface area contributed by atoms with Crippen LogP contribution in [0.2, 0.25) is 0 Å². The Morgan fingerprint density at radius 1 is 1.38 bits per heavy atom. The summed E-state index contributed by atoms with van der Waals surface area (Å²) < 4.78 is 4.44. The monoisotopic (exact) mass is 213 g/mol. The number of methoxy groups -OCH3 is 1. The topological polar surface area (TPSA) is 50.1 Å². The largest absolute Gasteiger partial charge is 0.466 e. The van der Waals surface area contributed by atoms with Crippen molar-refractivity contribution in [2.24, 2.45) is 0 Å². The first kappa shape index (κ1) is 11.7. The summed E-state index contributed by atoms with van der Waals surface area (Å²) in [7, 11) is 1.32. The van der Waals surface area contributed by atoms with Crippen molar-refractivity contribution in [3.8, 4) is 6.07 Å². The summed E-state index contributed by atoms with van der Waals surface area (Å²) in [5.41, 5.74) is 1.42. The molecule has 0 saturated heterocycles. The van der Waals surface area contributed by atoms with Gasteiger partial charge in [-0.3, -0.25) is 0 Å². The molecule has 0 aromatic heterocycles. The number of allylic oxidation sites excluding steroid dienone is 2. The van der Waals surface area contributed by atoms with E-state index in [4.69, 9.17) is 5.26 Å². The molecule has 0 bridgehead atoms. The van der Waals surface area contributed by atoms with Crippen LogP contribution in [-0.2, 0) is 9.53 Å². The second kappa shape index (κ2) is 6.20. The molecule has 3 nitrogen and oxygen atoms in total. The third-order valence-corrected chi connectivity index (χ3v) is 1.90. The normalized spacial score (nSPS) is 10.5. The number of hydrogen-bond donors (Lipinski definition) is 0. The molecule has 0 aliphatic rings. The predicted octanol–water partition coefficient (Wildman–Crippen LogP) is 2.30. The molecule has 1 aromatic rings. The van der Waals surface area contributed by atoms with Gasteiger partial charge in [0.05, 0.1) is 18.7 Å². The minimum Gasteiger partial charge on any atom is -0.466 e. The molecule has 0 fully saturated rings. The molecular weight excluding hydrogens is 202 g/mol. The van der Waals surface area contributed by atoms with Crippen LogP contribution in [-0.4, -0.2) is 13.1 Å². The van der Waals surface area contributed by atoms with Crippen LogP contribution < -0.4 is 0 Å². The summed E-state index contributed by atoms with van der Waals surface area (Å²) >= 11 is 0. The SMILES string of the molecule is COC(=O)/C=C/C=C/c1ccccc1C#N. The molecule has 3 heteroatoms. The van der Waals surface area contributed by atoms with E-state index >= 15 is 0 Å². The van der Waals surface area contributed by atoms with E-state index in [0.29, 0.717) is 5.56 Å². The lowest BCUT2D eigenvalue weighted by Gasteiger charge is -1.94. The van der Waals surface area contributed by atoms with E-state index in [1.807, 2.05) is 12.1 Å². The first-order valence-electron chi connectivity index (χ1n) is 4.69. The Balaban J connectivity index is 2.74. The van der Waals surface area contributed by atoms with E-state index < -0.39 is 5.97 Å². The third kappa shape index (κ3) is 3.43. The molecule has 1 rings (SSSR count). The molecular formula is C13H11NO2. The predicted molar refractivity (Wildman–Crippen MR) is 61.3 cm³/mol. The first-order chi connectivity index (χ1) is 7.77. The molecule has 0 aliphatic carbocycles. The van der Waals surface area contributed by atoms with Gasteiger partial charge in [-0.25, -0.2) is 4.79 Å². The molecule has 80 valence electrons. The summed E-state index contributed by atoms with van der Waals surface area (Å²) in [5, 5.41) is 8.83. The number of ether oxygens (including phenoxy) is 1. The fourth-order valence-electron chi connectivity index (χ4n) is 1.11. The summed E-state index contributed by atoms with van der Waals surface area (Å²) in [5.74, 6) is -0.404. The summed E-state index contributed by atoms with van der Waals surface area (Å²) in [6.45, 7) is 0. The van der Waals surface area contributed by atoms with Gasteiger partial charge in [0.15, 0.2) is 0 Å². The van der Waals surface area contributed by atoms with Crippen molar-refractivity contribution in [1.29, 1.82) is 5.26 Å². The van der Waals surface area contributed by atoms with E-state index in [-0.39, 0.29) is 0 Å². The maximum atomic E-state index is 10.8.